The number of aromatic amines is 1. The van der Waals surface area contributed by atoms with E-state index in [0.29, 0.717) is 29.0 Å². The van der Waals surface area contributed by atoms with E-state index in [2.05, 4.69) is 25.3 Å². The molecule has 172 valence electrons. The first-order chi connectivity index (χ1) is 16.5. The number of alkyl halides is 2. The van der Waals surface area contributed by atoms with Gasteiger partial charge in [-0.2, -0.15) is 19.0 Å². The maximum absolute atomic E-state index is 13.5. The van der Waals surface area contributed by atoms with Crippen molar-refractivity contribution in [2.75, 3.05) is 6.54 Å². The number of H-pyrrole nitrogens is 1. The molecule has 6 heterocycles. The van der Waals surface area contributed by atoms with E-state index < -0.39 is 18.5 Å². The molecule has 0 saturated carbocycles. The van der Waals surface area contributed by atoms with E-state index in [1.54, 1.807) is 15.7 Å². The van der Waals surface area contributed by atoms with Crippen molar-refractivity contribution in [3.05, 3.63) is 71.7 Å². The second-order valence-corrected chi connectivity index (χ2v) is 7.91. The maximum Gasteiger partial charge on any atom is 0.333 e. The number of amides is 1. The minimum absolute atomic E-state index is 0.0763. The van der Waals surface area contributed by atoms with Crippen LogP contribution < -0.4 is 0 Å². The van der Waals surface area contributed by atoms with Crippen LogP contribution >= 0.6 is 0 Å². The summed E-state index contributed by atoms with van der Waals surface area (Å²) in [5.74, 6) is -0.844. The van der Waals surface area contributed by atoms with Crippen LogP contribution in [0.1, 0.15) is 45.9 Å². The average molecular weight is 465 g/mol. The van der Waals surface area contributed by atoms with Crippen LogP contribution in [0.4, 0.5) is 8.78 Å². The molecular formula is C21H17F2N9O2. The van der Waals surface area contributed by atoms with E-state index in [0.717, 1.165) is 23.0 Å². The van der Waals surface area contributed by atoms with Crippen molar-refractivity contribution >= 4 is 11.4 Å². The summed E-state index contributed by atoms with van der Waals surface area (Å²) in [6.07, 6.45) is 6.25. The van der Waals surface area contributed by atoms with E-state index in [1.165, 1.54) is 6.20 Å². The molecule has 5 aromatic rings. The van der Waals surface area contributed by atoms with Crippen molar-refractivity contribution in [1.29, 1.82) is 0 Å². The standard InChI is InChI=1S/C21H17F2N9O2/c1-11-3-2-5-31-15(11)7-14(29-31)17-16-13(24-10-25-16)4-6-30(17)20(33)19-28-27-18(34-19)12-8-26-32(9-12)21(22)23/h2-3,5,7-10,17,21H,4,6H2,1H3,(H,24,25). The predicted octanol–water partition coefficient (Wildman–Crippen LogP) is 2.80. The van der Waals surface area contributed by atoms with Crippen LogP contribution in [0.15, 0.2) is 47.5 Å². The fraction of sp³-hybridized carbons (Fsp3) is 0.238. The summed E-state index contributed by atoms with van der Waals surface area (Å²) >= 11 is 0. The monoisotopic (exact) mass is 465 g/mol. The van der Waals surface area contributed by atoms with Crippen LogP contribution in [0.25, 0.3) is 17.0 Å². The van der Waals surface area contributed by atoms with Crippen LogP contribution in [0.2, 0.25) is 0 Å². The number of aromatic nitrogens is 8. The minimum Gasteiger partial charge on any atom is -0.412 e. The number of carbonyl (C=O) groups excluding carboxylic acids is 1. The fourth-order valence-electron chi connectivity index (χ4n) is 4.21. The lowest BCUT2D eigenvalue weighted by molar-refractivity contribution is 0.0566. The van der Waals surface area contributed by atoms with E-state index in [-0.39, 0.29) is 17.3 Å². The van der Waals surface area contributed by atoms with Gasteiger partial charge in [-0.15, -0.1) is 10.2 Å². The molecule has 1 aliphatic rings. The number of aryl methyl sites for hydroxylation is 1. The van der Waals surface area contributed by atoms with Gasteiger partial charge in [0.05, 0.1) is 35.0 Å². The Morgan fingerprint density at radius 1 is 1.32 bits per heavy atom. The van der Waals surface area contributed by atoms with Crippen molar-refractivity contribution in [2.24, 2.45) is 0 Å². The average Bonchev–Trinajstić information content (AvgIpc) is 3.62. The highest BCUT2D eigenvalue weighted by Crippen LogP contribution is 2.34. The summed E-state index contributed by atoms with van der Waals surface area (Å²) in [6.45, 7) is -0.447. The van der Waals surface area contributed by atoms with Crippen molar-refractivity contribution in [3.8, 4) is 11.5 Å². The van der Waals surface area contributed by atoms with Crippen molar-refractivity contribution < 1.29 is 18.0 Å². The van der Waals surface area contributed by atoms with Gasteiger partial charge < -0.3 is 14.3 Å². The highest BCUT2D eigenvalue weighted by Gasteiger charge is 2.38. The number of imidazole rings is 1. The number of nitrogens with zero attached hydrogens (tertiary/aromatic N) is 8. The molecule has 1 atom stereocenters. The Hall–Kier alpha value is -4.42. The first-order valence-electron chi connectivity index (χ1n) is 10.4. The third-order valence-corrected chi connectivity index (χ3v) is 5.85. The quantitative estimate of drug-likeness (QED) is 0.433. The van der Waals surface area contributed by atoms with E-state index >= 15 is 0 Å². The summed E-state index contributed by atoms with van der Waals surface area (Å²) in [4.78, 5) is 22.6. The van der Waals surface area contributed by atoms with Gasteiger partial charge >= 0.3 is 18.3 Å². The number of halogens is 2. The summed E-state index contributed by atoms with van der Waals surface area (Å²) in [5, 5.41) is 16.0. The molecule has 0 fully saturated rings. The van der Waals surface area contributed by atoms with Gasteiger partial charge in [0.1, 0.15) is 6.04 Å². The van der Waals surface area contributed by atoms with Crippen molar-refractivity contribution in [2.45, 2.75) is 25.9 Å². The number of carbonyl (C=O) groups is 1. The molecule has 5 aromatic heterocycles. The Labute approximate surface area is 190 Å². The third-order valence-electron chi connectivity index (χ3n) is 5.85. The molecule has 0 aromatic carbocycles. The Morgan fingerprint density at radius 2 is 2.21 bits per heavy atom. The normalized spacial score (nSPS) is 15.9. The second kappa shape index (κ2) is 7.57. The zero-order chi connectivity index (χ0) is 23.4. The highest BCUT2D eigenvalue weighted by atomic mass is 19.3. The van der Waals surface area contributed by atoms with Gasteiger partial charge in [-0.1, -0.05) is 6.07 Å². The molecular weight excluding hydrogens is 448 g/mol. The molecule has 1 unspecified atom stereocenters. The molecule has 0 saturated heterocycles. The van der Waals surface area contributed by atoms with Gasteiger partial charge in [-0.05, 0) is 24.6 Å². The molecule has 0 spiro atoms. The van der Waals surface area contributed by atoms with Crippen LogP contribution in [0.5, 0.6) is 0 Å². The van der Waals surface area contributed by atoms with Crippen LogP contribution in [0.3, 0.4) is 0 Å². The number of fused-ring (bicyclic) bond motifs is 2. The Kier molecular flexibility index (Phi) is 4.50. The van der Waals surface area contributed by atoms with Crippen molar-refractivity contribution in [3.63, 3.8) is 0 Å². The highest BCUT2D eigenvalue weighted by molar-refractivity contribution is 5.90. The molecule has 1 aliphatic heterocycles. The van der Waals surface area contributed by atoms with Crippen LogP contribution in [-0.4, -0.2) is 56.9 Å². The SMILES string of the molecule is Cc1cccn2nc(C3c4nc[nH]c4CCN3C(=O)c3nnc(-c4cnn(C(F)F)c4)o3)cc12. The zero-order valence-corrected chi connectivity index (χ0v) is 17.8. The van der Waals surface area contributed by atoms with Gasteiger partial charge in [0.2, 0.25) is 0 Å². The Bertz CT molecular complexity index is 1520. The number of hydrogen-bond acceptors (Lipinski definition) is 7. The topological polar surface area (TPSA) is 123 Å². The predicted molar refractivity (Wildman–Crippen MR) is 112 cm³/mol. The van der Waals surface area contributed by atoms with Gasteiger partial charge in [-0.25, -0.2) is 14.2 Å². The first kappa shape index (κ1) is 20.2. The second-order valence-electron chi connectivity index (χ2n) is 7.91. The number of rotatable bonds is 4. The zero-order valence-electron chi connectivity index (χ0n) is 17.8. The third kappa shape index (κ3) is 3.16. The summed E-state index contributed by atoms with van der Waals surface area (Å²) < 4.78 is 33.4. The smallest absolute Gasteiger partial charge is 0.333 e. The number of hydrogen-bond donors (Lipinski definition) is 1. The largest absolute Gasteiger partial charge is 0.412 e. The van der Waals surface area contributed by atoms with Crippen LogP contribution in [-0.2, 0) is 6.42 Å². The van der Waals surface area contributed by atoms with Gasteiger partial charge in [0.15, 0.2) is 0 Å². The number of pyridine rings is 1. The Balaban J connectivity index is 1.37. The summed E-state index contributed by atoms with van der Waals surface area (Å²) in [7, 11) is 0. The van der Waals surface area contributed by atoms with Crippen LogP contribution in [0, 0.1) is 6.92 Å². The lowest BCUT2D eigenvalue weighted by Crippen LogP contribution is -2.41. The Morgan fingerprint density at radius 3 is 3.00 bits per heavy atom. The molecule has 0 radical (unpaired) electrons. The van der Waals surface area contributed by atoms with E-state index in [1.807, 2.05) is 31.3 Å². The van der Waals surface area contributed by atoms with Gasteiger partial charge in [0, 0.05) is 31.1 Å². The molecule has 0 aliphatic carbocycles. The summed E-state index contributed by atoms with van der Waals surface area (Å²) in [6, 6.07) is 5.25. The molecule has 1 amide bonds. The fourth-order valence-corrected chi connectivity index (χ4v) is 4.21. The molecule has 11 nitrogen and oxygen atoms in total. The lowest BCUT2D eigenvalue weighted by Gasteiger charge is -2.32. The maximum atomic E-state index is 13.5. The molecule has 6 rings (SSSR count). The van der Waals surface area contributed by atoms with Crippen molar-refractivity contribution in [1.82, 2.24) is 44.5 Å². The molecule has 0 bridgehead atoms. The minimum atomic E-state index is -2.80. The molecule has 1 N–H and O–H groups in total. The molecule has 34 heavy (non-hydrogen) atoms. The number of nitrogens with one attached hydrogen (secondary N) is 1. The van der Waals surface area contributed by atoms with E-state index in [9.17, 15) is 13.6 Å². The van der Waals surface area contributed by atoms with Gasteiger partial charge in [0.25, 0.3) is 5.89 Å². The lowest BCUT2D eigenvalue weighted by atomic mass is 9.99. The summed E-state index contributed by atoms with van der Waals surface area (Å²) in [5.41, 5.74) is 4.42. The molecule has 13 heteroatoms. The van der Waals surface area contributed by atoms with E-state index in [4.69, 9.17) is 9.52 Å². The van der Waals surface area contributed by atoms with Gasteiger partial charge in [-0.3, -0.25) is 4.79 Å². The first-order valence-corrected chi connectivity index (χ1v) is 10.4.